The second-order valence-electron chi connectivity index (χ2n) is 4.58. The molecule has 0 N–H and O–H groups in total. The Balaban J connectivity index is 2.33. The highest BCUT2D eigenvalue weighted by atomic mass is 35.5. The molecule has 0 saturated carbocycles. The van der Waals surface area contributed by atoms with Gasteiger partial charge in [-0.25, -0.2) is 4.98 Å². The molecular formula is C15H12ClN3O. The van der Waals surface area contributed by atoms with E-state index >= 15 is 0 Å². The van der Waals surface area contributed by atoms with Gasteiger partial charge < -0.3 is 4.90 Å². The number of hydrogen-bond acceptors (Lipinski definition) is 2. The number of imidazole rings is 1. The molecule has 0 aliphatic carbocycles. The topological polar surface area (TPSA) is 38.1 Å². The van der Waals surface area contributed by atoms with Crippen molar-refractivity contribution in [1.82, 2.24) is 14.5 Å². The Morgan fingerprint density at radius 2 is 2.20 bits per heavy atom. The summed E-state index contributed by atoms with van der Waals surface area (Å²) >= 11 is 6.20. The molecule has 2 aromatic rings. The lowest BCUT2D eigenvalue weighted by Crippen LogP contribution is -2.25. The smallest absolute Gasteiger partial charge is 0.257 e. The number of halogens is 1. The molecule has 4 nitrogen and oxygen atoms in total. The third kappa shape index (κ3) is 1.79. The fourth-order valence-corrected chi connectivity index (χ4v) is 2.62. The van der Waals surface area contributed by atoms with Gasteiger partial charge in [-0.15, -0.1) is 0 Å². The number of aromatic nitrogens is 2. The predicted octanol–water partition coefficient (Wildman–Crippen LogP) is 2.48. The van der Waals surface area contributed by atoms with Crippen LogP contribution in [0.15, 0.2) is 24.5 Å². The minimum Gasteiger partial charge on any atom is -0.336 e. The van der Waals surface area contributed by atoms with Crippen LogP contribution in [0.2, 0.25) is 5.02 Å². The van der Waals surface area contributed by atoms with Crippen molar-refractivity contribution in [3.8, 4) is 17.5 Å². The average Bonchev–Trinajstić information content (AvgIpc) is 2.76. The zero-order chi connectivity index (χ0) is 14.3. The lowest BCUT2D eigenvalue weighted by Gasteiger charge is -2.14. The molecule has 1 aliphatic heterocycles. The van der Waals surface area contributed by atoms with Crippen molar-refractivity contribution in [3.63, 3.8) is 0 Å². The van der Waals surface area contributed by atoms with E-state index in [1.807, 2.05) is 16.7 Å². The van der Waals surface area contributed by atoms with Crippen molar-refractivity contribution in [2.45, 2.75) is 13.5 Å². The van der Waals surface area contributed by atoms with Crippen molar-refractivity contribution in [2.24, 2.45) is 0 Å². The van der Waals surface area contributed by atoms with E-state index in [0.717, 1.165) is 11.4 Å². The third-order valence-electron chi connectivity index (χ3n) is 3.31. The maximum atomic E-state index is 12.5. The SMILES string of the molecule is CC#Cc1ncn2c1CN(C)C(=O)c1c(Cl)cccc1-2. The van der Waals surface area contributed by atoms with E-state index in [1.165, 1.54) is 0 Å². The van der Waals surface area contributed by atoms with E-state index in [-0.39, 0.29) is 5.91 Å². The van der Waals surface area contributed by atoms with Crippen molar-refractivity contribution in [2.75, 3.05) is 7.05 Å². The van der Waals surface area contributed by atoms with Gasteiger partial charge in [0.05, 0.1) is 28.5 Å². The van der Waals surface area contributed by atoms with E-state index < -0.39 is 0 Å². The van der Waals surface area contributed by atoms with Crippen LogP contribution in [0, 0.1) is 11.8 Å². The summed E-state index contributed by atoms with van der Waals surface area (Å²) in [4.78, 5) is 18.4. The number of benzene rings is 1. The molecule has 5 heteroatoms. The molecule has 0 saturated heterocycles. The fraction of sp³-hybridized carbons (Fsp3) is 0.200. The summed E-state index contributed by atoms with van der Waals surface area (Å²) in [5.74, 6) is 5.73. The normalized spacial score (nSPS) is 13.2. The maximum absolute atomic E-state index is 12.5. The first-order chi connectivity index (χ1) is 9.63. The zero-order valence-corrected chi connectivity index (χ0v) is 11.9. The summed E-state index contributed by atoms with van der Waals surface area (Å²) in [5, 5.41) is 0.448. The van der Waals surface area contributed by atoms with E-state index in [1.54, 1.807) is 31.3 Å². The van der Waals surface area contributed by atoms with Gasteiger partial charge in [0.25, 0.3) is 5.91 Å². The Kier molecular flexibility index (Phi) is 3.00. The first-order valence-corrected chi connectivity index (χ1v) is 6.54. The van der Waals surface area contributed by atoms with Crippen LogP contribution in [0.3, 0.4) is 0 Å². The monoisotopic (exact) mass is 285 g/mol. The number of fused-ring (bicyclic) bond motifs is 3. The molecule has 0 unspecified atom stereocenters. The molecule has 100 valence electrons. The predicted molar refractivity (Wildman–Crippen MR) is 76.9 cm³/mol. The van der Waals surface area contributed by atoms with Crippen LogP contribution in [-0.4, -0.2) is 27.4 Å². The lowest BCUT2D eigenvalue weighted by molar-refractivity contribution is 0.0788. The standard InChI is InChI=1S/C15H12ClN3O/c1-3-5-11-13-8-18(2)15(20)14-10(16)6-4-7-12(14)19(13)9-17-11/h4,6-7,9H,8H2,1-2H3. The number of nitrogens with zero attached hydrogens (tertiary/aromatic N) is 3. The Hall–Kier alpha value is -2.25. The highest BCUT2D eigenvalue weighted by molar-refractivity contribution is 6.34. The van der Waals surface area contributed by atoms with Gasteiger partial charge in [-0.3, -0.25) is 9.36 Å². The molecule has 0 bridgehead atoms. The zero-order valence-electron chi connectivity index (χ0n) is 11.1. The molecule has 1 amide bonds. The van der Waals surface area contributed by atoms with Gasteiger partial charge in [-0.2, -0.15) is 0 Å². The van der Waals surface area contributed by atoms with E-state index in [4.69, 9.17) is 11.6 Å². The minimum atomic E-state index is -0.0929. The Morgan fingerprint density at radius 1 is 1.40 bits per heavy atom. The summed E-state index contributed by atoms with van der Waals surface area (Å²) in [6.45, 7) is 2.22. The number of amides is 1. The van der Waals surface area contributed by atoms with Crippen LogP contribution in [0.1, 0.15) is 28.7 Å². The van der Waals surface area contributed by atoms with Gasteiger partial charge >= 0.3 is 0 Å². The third-order valence-corrected chi connectivity index (χ3v) is 3.62. The van der Waals surface area contributed by atoms with Crippen molar-refractivity contribution < 1.29 is 4.79 Å². The minimum absolute atomic E-state index is 0.0929. The second kappa shape index (κ2) is 4.69. The largest absolute Gasteiger partial charge is 0.336 e. The van der Waals surface area contributed by atoms with Crippen LogP contribution < -0.4 is 0 Å². The van der Waals surface area contributed by atoms with Gasteiger partial charge in [-0.1, -0.05) is 23.6 Å². The summed E-state index contributed by atoms with van der Waals surface area (Å²) < 4.78 is 1.89. The fourth-order valence-electron chi connectivity index (χ4n) is 2.37. The van der Waals surface area contributed by atoms with Crippen LogP contribution in [0.4, 0.5) is 0 Å². The molecule has 1 aromatic heterocycles. The molecule has 0 spiro atoms. The first kappa shape index (κ1) is 12.8. The van der Waals surface area contributed by atoms with Gasteiger partial charge in [-0.05, 0) is 25.0 Å². The summed E-state index contributed by atoms with van der Waals surface area (Å²) in [6.07, 6.45) is 1.69. The van der Waals surface area contributed by atoms with Crippen LogP contribution in [0.5, 0.6) is 0 Å². The molecular weight excluding hydrogens is 274 g/mol. The van der Waals surface area contributed by atoms with E-state index in [2.05, 4.69) is 16.8 Å². The van der Waals surface area contributed by atoms with Crippen LogP contribution in [-0.2, 0) is 6.54 Å². The highest BCUT2D eigenvalue weighted by Gasteiger charge is 2.27. The Bertz CT molecular complexity index is 767. The summed E-state index contributed by atoms with van der Waals surface area (Å²) in [5.41, 5.74) is 2.85. The molecule has 0 atom stereocenters. The van der Waals surface area contributed by atoms with Crippen molar-refractivity contribution >= 4 is 17.5 Å². The first-order valence-electron chi connectivity index (χ1n) is 6.16. The van der Waals surface area contributed by atoms with Crippen LogP contribution in [0.25, 0.3) is 5.69 Å². The molecule has 20 heavy (non-hydrogen) atoms. The number of carbonyl (C=O) groups is 1. The lowest BCUT2D eigenvalue weighted by atomic mass is 10.1. The van der Waals surface area contributed by atoms with Gasteiger partial charge in [0.2, 0.25) is 0 Å². The number of rotatable bonds is 0. The molecule has 1 aromatic carbocycles. The number of carbonyl (C=O) groups excluding carboxylic acids is 1. The Morgan fingerprint density at radius 3 is 2.95 bits per heavy atom. The van der Waals surface area contributed by atoms with E-state index in [9.17, 15) is 4.79 Å². The second-order valence-corrected chi connectivity index (χ2v) is 4.99. The summed E-state index contributed by atoms with van der Waals surface area (Å²) in [7, 11) is 1.75. The molecule has 0 fully saturated rings. The highest BCUT2D eigenvalue weighted by Crippen LogP contribution is 2.29. The maximum Gasteiger partial charge on any atom is 0.257 e. The molecule has 0 radical (unpaired) electrons. The summed E-state index contributed by atoms with van der Waals surface area (Å²) in [6, 6.07) is 5.42. The molecule has 2 heterocycles. The van der Waals surface area contributed by atoms with E-state index in [0.29, 0.717) is 22.8 Å². The van der Waals surface area contributed by atoms with Crippen molar-refractivity contribution in [1.29, 1.82) is 0 Å². The van der Waals surface area contributed by atoms with Gasteiger partial charge in [0, 0.05) is 7.05 Å². The average molecular weight is 286 g/mol. The Labute approximate surface area is 122 Å². The molecule has 3 rings (SSSR count). The van der Waals surface area contributed by atoms with Gasteiger partial charge in [0.15, 0.2) is 0 Å². The van der Waals surface area contributed by atoms with Crippen LogP contribution >= 0.6 is 11.6 Å². The van der Waals surface area contributed by atoms with Gasteiger partial charge in [0.1, 0.15) is 12.0 Å². The quantitative estimate of drug-likeness (QED) is 0.698. The van der Waals surface area contributed by atoms with Crippen molar-refractivity contribution in [3.05, 3.63) is 46.5 Å². The molecule has 1 aliphatic rings. The number of hydrogen-bond donors (Lipinski definition) is 0.